The number of aliphatic imine (C=N–C) groups is 1. The molecule has 1 unspecified atom stereocenters. The van der Waals surface area contributed by atoms with Gasteiger partial charge in [-0.15, -0.1) is 0 Å². The Kier molecular flexibility index (Phi) is 7.13. The van der Waals surface area contributed by atoms with Gasteiger partial charge in [0.25, 0.3) is 0 Å². The zero-order chi connectivity index (χ0) is 20.8. The zero-order valence-electron chi connectivity index (χ0n) is 17.2. The van der Waals surface area contributed by atoms with Crippen molar-refractivity contribution >= 4 is 5.96 Å². The molecule has 7 nitrogen and oxygen atoms in total. The van der Waals surface area contributed by atoms with Gasteiger partial charge in [-0.25, -0.2) is 13.8 Å². The first-order valence-corrected chi connectivity index (χ1v) is 10.00. The van der Waals surface area contributed by atoms with Crippen LogP contribution in [0.5, 0.6) is 0 Å². The molecule has 0 aliphatic carbocycles. The van der Waals surface area contributed by atoms with Crippen LogP contribution in [0.1, 0.15) is 43.1 Å². The van der Waals surface area contributed by atoms with E-state index in [1.807, 2.05) is 21.0 Å². The van der Waals surface area contributed by atoms with Crippen molar-refractivity contribution < 1.29 is 8.78 Å². The van der Waals surface area contributed by atoms with Gasteiger partial charge in [0.05, 0.1) is 12.6 Å². The van der Waals surface area contributed by atoms with Crippen molar-refractivity contribution in [3.8, 4) is 0 Å². The number of nitrogens with zero attached hydrogens (tertiary/aromatic N) is 5. The summed E-state index contributed by atoms with van der Waals surface area (Å²) in [5, 5.41) is 10.2. The number of hydrogen-bond donors (Lipinski definition) is 2. The van der Waals surface area contributed by atoms with Crippen molar-refractivity contribution in [1.82, 2.24) is 30.3 Å². The monoisotopic (exact) mass is 405 g/mol. The molecule has 2 aromatic rings. The second-order valence-electron chi connectivity index (χ2n) is 7.44. The summed E-state index contributed by atoms with van der Waals surface area (Å²) < 4.78 is 28.6. The van der Waals surface area contributed by atoms with E-state index in [4.69, 9.17) is 4.99 Å². The first kappa shape index (κ1) is 21.2. The highest BCUT2D eigenvalue weighted by Gasteiger charge is 2.26. The molecule has 0 radical (unpaired) electrons. The molecular weight excluding hydrogens is 376 g/mol. The molecule has 1 atom stereocenters. The molecule has 0 saturated carbocycles. The number of rotatable bonds is 6. The molecule has 1 fully saturated rings. The van der Waals surface area contributed by atoms with E-state index in [-0.39, 0.29) is 12.1 Å². The summed E-state index contributed by atoms with van der Waals surface area (Å²) in [6.07, 6.45) is 3.42. The van der Waals surface area contributed by atoms with Crippen molar-refractivity contribution in [3.05, 3.63) is 47.5 Å². The van der Waals surface area contributed by atoms with Gasteiger partial charge in [0.2, 0.25) is 0 Å². The molecule has 1 aliphatic heterocycles. The Morgan fingerprint density at radius 1 is 1.31 bits per heavy atom. The number of likely N-dealkylation sites (tertiary alicyclic amines) is 1. The molecule has 0 bridgehead atoms. The lowest BCUT2D eigenvalue weighted by atomic mass is 9.96. The van der Waals surface area contributed by atoms with E-state index in [1.54, 1.807) is 4.90 Å². The standard InChI is InChI=1S/C20H29F2N7/c1-4-23-20(29-10-8-14(9-11-29)19-25-13-26-27-19)24-12-17(28(2)3)18-15(21)6-5-7-16(18)22/h5-7,13-14,17H,4,8-12H2,1-3H3,(H,23,24)(H,25,26,27). The van der Waals surface area contributed by atoms with Gasteiger partial charge < -0.3 is 15.1 Å². The fourth-order valence-electron chi connectivity index (χ4n) is 3.72. The first-order valence-electron chi connectivity index (χ1n) is 10.00. The normalized spacial score (nSPS) is 17.0. The summed E-state index contributed by atoms with van der Waals surface area (Å²) in [6, 6.07) is 3.47. The predicted octanol–water partition coefficient (Wildman–Crippen LogP) is 2.53. The molecule has 9 heteroatoms. The van der Waals surface area contributed by atoms with Crippen LogP contribution in [0.4, 0.5) is 8.78 Å². The van der Waals surface area contributed by atoms with E-state index in [0.29, 0.717) is 5.92 Å². The number of hydrogen-bond acceptors (Lipinski definition) is 4. The average molecular weight is 405 g/mol. The van der Waals surface area contributed by atoms with E-state index in [9.17, 15) is 8.78 Å². The second kappa shape index (κ2) is 9.78. The molecular formula is C20H29F2N7. The smallest absolute Gasteiger partial charge is 0.193 e. The molecule has 2 heterocycles. The number of aromatic amines is 1. The van der Waals surface area contributed by atoms with Gasteiger partial charge in [0, 0.05) is 31.1 Å². The van der Waals surface area contributed by atoms with Crippen molar-refractivity contribution in [1.29, 1.82) is 0 Å². The Labute approximate surface area is 170 Å². The molecule has 1 aliphatic rings. The largest absolute Gasteiger partial charge is 0.357 e. The Morgan fingerprint density at radius 2 is 2.00 bits per heavy atom. The maximum absolute atomic E-state index is 14.3. The SMILES string of the molecule is CCNC(=NCC(c1c(F)cccc1F)N(C)C)N1CCC(c2ncn[nH]2)CC1. The van der Waals surface area contributed by atoms with Gasteiger partial charge in [0.1, 0.15) is 23.8 Å². The Hall–Kier alpha value is -2.55. The number of likely N-dealkylation sites (N-methyl/N-ethyl adjacent to an activating group) is 1. The molecule has 0 amide bonds. The number of H-pyrrole nitrogens is 1. The fraction of sp³-hybridized carbons (Fsp3) is 0.550. The number of aromatic nitrogens is 3. The summed E-state index contributed by atoms with van der Waals surface area (Å²) in [4.78, 5) is 13.0. The third-order valence-corrected chi connectivity index (χ3v) is 5.32. The molecule has 158 valence electrons. The lowest BCUT2D eigenvalue weighted by Crippen LogP contribution is -2.45. The first-order chi connectivity index (χ1) is 14.0. The van der Waals surface area contributed by atoms with Crippen LogP contribution >= 0.6 is 0 Å². The van der Waals surface area contributed by atoms with Crippen molar-refractivity contribution in [2.75, 3.05) is 40.3 Å². The van der Waals surface area contributed by atoms with E-state index in [0.717, 1.165) is 44.3 Å². The lowest BCUT2D eigenvalue weighted by molar-refractivity contribution is 0.281. The van der Waals surface area contributed by atoms with E-state index in [2.05, 4.69) is 25.4 Å². The summed E-state index contributed by atoms with van der Waals surface area (Å²) in [6.45, 7) is 4.66. The van der Waals surface area contributed by atoms with Crippen LogP contribution in [0, 0.1) is 11.6 Å². The number of guanidine groups is 1. The zero-order valence-corrected chi connectivity index (χ0v) is 17.2. The van der Waals surface area contributed by atoms with Crippen LogP contribution in [0.25, 0.3) is 0 Å². The predicted molar refractivity (Wildman–Crippen MR) is 109 cm³/mol. The minimum Gasteiger partial charge on any atom is -0.357 e. The third-order valence-electron chi connectivity index (χ3n) is 5.32. The quantitative estimate of drug-likeness (QED) is 0.571. The highest BCUT2D eigenvalue weighted by atomic mass is 19.1. The molecule has 2 N–H and O–H groups in total. The average Bonchev–Trinajstić information content (AvgIpc) is 3.24. The van der Waals surface area contributed by atoms with Crippen LogP contribution in [0.15, 0.2) is 29.5 Å². The summed E-state index contributed by atoms with van der Waals surface area (Å²) >= 11 is 0. The van der Waals surface area contributed by atoms with Gasteiger partial charge >= 0.3 is 0 Å². The van der Waals surface area contributed by atoms with E-state index in [1.165, 1.54) is 24.5 Å². The molecule has 29 heavy (non-hydrogen) atoms. The molecule has 0 spiro atoms. The van der Waals surface area contributed by atoms with Gasteiger partial charge in [-0.2, -0.15) is 5.10 Å². The number of piperidine rings is 1. The summed E-state index contributed by atoms with van der Waals surface area (Å²) in [7, 11) is 3.61. The summed E-state index contributed by atoms with van der Waals surface area (Å²) in [5.74, 6) is 0.966. The molecule has 1 saturated heterocycles. The lowest BCUT2D eigenvalue weighted by Gasteiger charge is -2.34. The minimum absolute atomic E-state index is 0.0566. The molecule has 3 rings (SSSR count). The highest BCUT2D eigenvalue weighted by molar-refractivity contribution is 5.80. The summed E-state index contributed by atoms with van der Waals surface area (Å²) in [5.41, 5.74) is 0.0566. The topological polar surface area (TPSA) is 72.4 Å². The van der Waals surface area contributed by atoms with Gasteiger partial charge in [-0.05, 0) is 46.0 Å². The van der Waals surface area contributed by atoms with Crippen molar-refractivity contribution in [2.45, 2.75) is 31.7 Å². The number of halogens is 2. The van der Waals surface area contributed by atoms with Crippen LogP contribution in [0.2, 0.25) is 0 Å². The second-order valence-corrected chi connectivity index (χ2v) is 7.44. The van der Waals surface area contributed by atoms with Crippen LogP contribution in [0.3, 0.4) is 0 Å². The van der Waals surface area contributed by atoms with Crippen molar-refractivity contribution in [2.24, 2.45) is 4.99 Å². The fourth-order valence-corrected chi connectivity index (χ4v) is 3.72. The minimum atomic E-state index is -0.545. The van der Waals surface area contributed by atoms with Crippen molar-refractivity contribution in [3.63, 3.8) is 0 Å². The van der Waals surface area contributed by atoms with Crippen LogP contribution < -0.4 is 5.32 Å². The highest BCUT2D eigenvalue weighted by Crippen LogP contribution is 2.26. The number of nitrogens with one attached hydrogen (secondary N) is 2. The Morgan fingerprint density at radius 3 is 2.55 bits per heavy atom. The Balaban J connectivity index is 1.72. The Bertz CT molecular complexity index is 779. The van der Waals surface area contributed by atoms with Gasteiger partial charge in [0.15, 0.2) is 5.96 Å². The van der Waals surface area contributed by atoms with Crippen LogP contribution in [-0.2, 0) is 0 Å². The third kappa shape index (κ3) is 5.09. The van der Waals surface area contributed by atoms with Crippen LogP contribution in [-0.4, -0.2) is 71.2 Å². The molecule has 1 aromatic carbocycles. The van der Waals surface area contributed by atoms with Gasteiger partial charge in [-0.1, -0.05) is 6.07 Å². The van der Waals surface area contributed by atoms with Gasteiger partial charge in [-0.3, -0.25) is 10.1 Å². The number of benzene rings is 1. The van der Waals surface area contributed by atoms with E-state index < -0.39 is 17.7 Å². The maximum atomic E-state index is 14.3. The van der Waals surface area contributed by atoms with E-state index >= 15 is 0 Å². The molecule has 1 aromatic heterocycles. The maximum Gasteiger partial charge on any atom is 0.193 e.